The zero-order valence-corrected chi connectivity index (χ0v) is 11.1. The second-order valence-corrected chi connectivity index (χ2v) is 5.05. The second-order valence-electron chi connectivity index (χ2n) is 3.56. The van der Waals surface area contributed by atoms with Crippen LogP contribution in [0, 0.1) is 10.1 Å². The lowest BCUT2D eigenvalue weighted by Crippen LogP contribution is -2.00. The van der Waals surface area contributed by atoms with E-state index in [1.54, 1.807) is 24.3 Å². The molecule has 1 aromatic heterocycles. The summed E-state index contributed by atoms with van der Waals surface area (Å²) in [6.07, 6.45) is 0. The summed E-state index contributed by atoms with van der Waals surface area (Å²) in [6, 6.07) is 9.52. The van der Waals surface area contributed by atoms with Gasteiger partial charge in [0.15, 0.2) is 5.76 Å². The van der Waals surface area contributed by atoms with Gasteiger partial charge in [0.05, 0.1) is 11.8 Å². The summed E-state index contributed by atoms with van der Waals surface area (Å²) in [5, 5.41) is 11.1. The van der Waals surface area contributed by atoms with Crippen molar-refractivity contribution in [1.29, 1.82) is 0 Å². The molecule has 0 radical (unpaired) electrons. The van der Waals surface area contributed by atoms with Crippen molar-refractivity contribution in [1.82, 2.24) is 0 Å². The van der Waals surface area contributed by atoms with Crippen LogP contribution in [0.25, 0.3) is 0 Å². The molecule has 98 valence electrons. The summed E-state index contributed by atoms with van der Waals surface area (Å²) >= 11 is 7.06. The Bertz CT molecular complexity index is 608. The SMILES string of the molecule is O=C(CSc1ccc(Cl)cc1)c1ccc([N+](=O)[O-])o1. The fourth-order valence-electron chi connectivity index (χ4n) is 1.33. The normalized spacial score (nSPS) is 10.4. The van der Waals surface area contributed by atoms with Gasteiger partial charge in [-0.05, 0) is 30.3 Å². The molecular formula is C12H8ClNO4S. The van der Waals surface area contributed by atoms with E-state index in [0.29, 0.717) is 5.02 Å². The topological polar surface area (TPSA) is 73.3 Å². The average Bonchev–Trinajstić information content (AvgIpc) is 2.87. The van der Waals surface area contributed by atoms with E-state index in [2.05, 4.69) is 0 Å². The fraction of sp³-hybridized carbons (Fsp3) is 0.0833. The van der Waals surface area contributed by atoms with E-state index >= 15 is 0 Å². The number of benzene rings is 1. The lowest BCUT2D eigenvalue weighted by molar-refractivity contribution is -0.402. The van der Waals surface area contributed by atoms with Crippen LogP contribution in [-0.2, 0) is 0 Å². The quantitative estimate of drug-likeness (QED) is 0.363. The number of furan rings is 1. The molecule has 2 rings (SSSR count). The number of Topliss-reactive ketones (excluding diaryl/α,β-unsaturated/α-hetero) is 1. The number of ketones is 1. The molecule has 1 aromatic carbocycles. The maximum Gasteiger partial charge on any atom is 0.433 e. The van der Waals surface area contributed by atoms with E-state index in [1.807, 2.05) is 0 Å². The molecule has 0 aliphatic rings. The summed E-state index contributed by atoms with van der Waals surface area (Å²) in [7, 11) is 0. The van der Waals surface area contributed by atoms with Crippen molar-refractivity contribution < 1.29 is 14.1 Å². The van der Waals surface area contributed by atoms with Gasteiger partial charge in [-0.2, -0.15) is 0 Å². The van der Waals surface area contributed by atoms with Crippen molar-refractivity contribution in [2.24, 2.45) is 0 Å². The Morgan fingerprint density at radius 2 is 1.95 bits per heavy atom. The van der Waals surface area contributed by atoms with Gasteiger partial charge < -0.3 is 4.42 Å². The number of carbonyl (C=O) groups is 1. The maximum absolute atomic E-state index is 11.8. The first-order chi connectivity index (χ1) is 9.06. The van der Waals surface area contributed by atoms with Crippen LogP contribution in [0.2, 0.25) is 5.02 Å². The van der Waals surface area contributed by atoms with Crippen LogP contribution < -0.4 is 0 Å². The number of rotatable bonds is 5. The summed E-state index contributed by atoms with van der Waals surface area (Å²) in [4.78, 5) is 22.4. The third-order valence-electron chi connectivity index (χ3n) is 2.23. The van der Waals surface area contributed by atoms with Gasteiger partial charge in [-0.15, -0.1) is 11.8 Å². The van der Waals surface area contributed by atoms with Crippen LogP contribution in [0.15, 0.2) is 45.7 Å². The Kier molecular flexibility index (Phi) is 4.24. The Balaban J connectivity index is 1.97. The van der Waals surface area contributed by atoms with Crippen LogP contribution in [0.4, 0.5) is 5.88 Å². The van der Waals surface area contributed by atoms with Gasteiger partial charge in [-0.3, -0.25) is 14.9 Å². The van der Waals surface area contributed by atoms with Crippen LogP contribution in [-0.4, -0.2) is 16.5 Å². The Hall–Kier alpha value is -1.79. The molecule has 0 spiro atoms. The minimum absolute atomic E-state index is 0.00633. The molecule has 0 saturated heterocycles. The molecule has 0 fully saturated rings. The van der Waals surface area contributed by atoms with Crippen molar-refractivity contribution in [3.8, 4) is 0 Å². The fourth-order valence-corrected chi connectivity index (χ4v) is 2.22. The molecule has 0 N–H and O–H groups in total. The van der Waals surface area contributed by atoms with Crippen LogP contribution in [0.1, 0.15) is 10.6 Å². The van der Waals surface area contributed by atoms with Crippen molar-refractivity contribution in [3.63, 3.8) is 0 Å². The predicted octanol–water partition coefficient (Wildman–Crippen LogP) is 3.82. The molecule has 0 aliphatic heterocycles. The first-order valence-corrected chi connectivity index (χ1v) is 6.58. The van der Waals surface area contributed by atoms with Gasteiger partial charge in [0.1, 0.15) is 4.92 Å². The molecule has 0 bridgehead atoms. The third kappa shape index (κ3) is 3.59. The molecule has 0 saturated carbocycles. The first-order valence-electron chi connectivity index (χ1n) is 5.22. The predicted molar refractivity (Wildman–Crippen MR) is 71.9 cm³/mol. The molecule has 19 heavy (non-hydrogen) atoms. The van der Waals surface area contributed by atoms with Crippen molar-refractivity contribution >= 4 is 35.0 Å². The lowest BCUT2D eigenvalue weighted by Gasteiger charge is -1.99. The first kappa shape index (κ1) is 13.6. The minimum Gasteiger partial charge on any atom is -0.397 e. The van der Waals surface area contributed by atoms with Gasteiger partial charge in [0, 0.05) is 9.92 Å². The highest BCUT2D eigenvalue weighted by atomic mass is 35.5. The van der Waals surface area contributed by atoms with Gasteiger partial charge in [-0.1, -0.05) is 11.6 Å². The smallest absolute Gasteiger partial charge is 0.397 e. The second kappa shape index (κ2) is 5.90. The zero-order chi connectivity index (χ0) is 13.8. The highest BCUT2D eigenvalue weighted by Crippen LogP contribution is 2.23. The monoisotopic (exact) mass is 297 g/mol. The summed E-state index contributed by atoms with van der Waals surface area (Å²) in [5.41, 5.74) is 0. The van der Waals surface area contributed by atoms with E-state index in [9.17, 15) is 14.9 Å². The van der Waals surface area contributed by atoms with E-state index in [0.717, 1.165) is 4.90 Å². The average molecular weight is 298 g/mol. The molecule has 2 aromatic rings. The van der Waals surface area contributed by atoms with Crippen LogP contribution in [0.5, 0.6) is 0 Å². The molecule has 0 atom stereocenters. The van der Waals surface area contributed by atoms with Gasteiger partial charge >= 0.3 is 5.88 Å². The van der Waals surface area contributed by atoms with Gasteiger partial charge in [0.2, 0.25) is 5.78 Å². The number of hydrogen-bond acceptors (Lipinski definition) is 5. The highest BCUT2D eigenvalue weighted by Gasteiger charge is 2.17. The lowest BCUT2D eigenvalue weighted by atomic mass is 10.3. The summed E-state index contributed by atoms with van der Waals surface area (Å²) in [6.45, 7) is 0. The standard InChI is InChI=1S/C12H8ClNO4S/c13-8-1-3-9(4-2-8)19-7-10(15)11-5-6-12(18-11)14(16)17/h1-6H,7H2. The third-order valence-corrected chi connectivity index (χ3v) is 3.49. The number of hydrogen-bond donors (Lipinski definition) is 0. The van der Waals surface area contributed by atoms with Crippen LogP contribution in [0.3, 0.4) is 0 Å². The molecule has 0 amide bonds. The number of nitrogens with zero attached hydrogens (tertiary/aromatic N) is 1. The maximum atomic E-state index is 11.8. The van der Waals surface area contributed by atoms with Gasteiger partial charge in [0.25, 0.3) is 0 Å². The Morgan fingerprint density at radius 1 is 1.26 bits per heavy atom. The molecule has 5 nitrogen and oxygen atoms in total. The van der Waals surface area contributed by atoms with Gasteiger partial charge in [-0.25, -0.2) is 0 Å². The van der Waals surface area contributed by atoms with Crippen molar-refractivity contribution in [2.45, 2.75) is 4.90 Å². The molecule has 0 aliphatic carbocycles. The highest BCUT2D eigenvalue weighted by molar-refractivity contribution is 8.00. The zero-order valence-electron chi connectivity index (χ0n) is 9.54. The van der Waals surface area contributed by atoms with Crippen LogP contribution >= 0.6 is 23.4 Å². The van der Waals surface area contributed by atoms with E-state index < -0.39 is 10.8 Å². The minimum atomic E-state index is -0.677. The van der Waals surface area contributed by atoms with E-state index in [-0.39, 0.29) is 17.3 Å². The Morgan fingerprint density at radius 3 is 2.53 bits per heavy atom. The van der Waals surface area contributed by atoms with Crippen molar-refractivity contribution in [3.05, 3.63) is 57.3 Å². The summed E-state index contributed by atoms with van der Waals surface area (Å²) in [5.74, 6) is -0.590. The number of nitro groups is 1. The molecule has 7 heteroatoms. The summed E-state index contributed by atoms with van der Waals surface area (Å²) < 4.78 is 4.83. The number of halogens is 1. The number of carbonyl (C=O) groups excluding carboxylic acids is 1. The molecule has 0 unspecified atom stereocenters. The molecule has 1 heterocycles. The van der Waals surface area contributed by atoms with Crippen molar-refractivity contribution in [2.75, 3.05) is 5.75 Å². The van der Waals surface area contributed by atoms with E-state index in [1.165, 1.54) is 23.9 Å². The van der Waals surface area contributed by atoms with E-state index in [4.69, 9.17) is 16.0 Å². The molecular weight excluding hydrogens is 290 g/mol. The Labute approximate surface area is 117 Å². The number of thioether (sulfide) groups is 1. The largest absolute Gasteiger partial charge is 0.433 e.